The van der Waals surface area contributed by atoms with Gasteiger partial charge in [-0.2, -0.15) is 0 Å². The Balaban J connectivity index is 1.96. The molecule has 1 aromatic rings. The van der Waals surface area contributed by atoms with Gasteiger partial charge in [-0.25, -0.2) is 8.78 Å². The standard InChI is InChI=1S/C14H18F2N2O/c1-2-18-7-3-4-11(18)9-17-14(19)12-8-10(15)5-6-13(12)16/h5-6,8,11H,2-4,7,9H2,1H3,(H,17,19)/t11-/m1/s1. The van der Waals surface area contributed by atoms with Crippen molar-refractivity contribution >= 4 is 5.91 Å². The van der Waals surface area contributed by atoms with Crippen LogP contribution in [0.15, 0.2) is 18.2 Å². The van der Waals surface area contributed by atoms with Gasteiger partial charge in [0.05, 0.1) is 5.56 Å². The lowest BCUT2D eigenvalue weighted by Crippen LogP contribution is -2.40. The molecule has 1 saturated heterocycles. The molecular formula is C14H18F2N2O. The van der Waals surface area contributed by atoms with Crippen molar-refractivity contribution in [3.63, 3.8) is 0 Å². The monoisotopic (exact) mass is 268 g/mol. The van der Waals surface area contributed by atoms with E-state index in [2.05, 4.69) is 17.1 Å². The van der Waals surface area contributed by atoms with E-state index in [1.54, 1.807) is 0 Å². The molecule has 0 aliphatic carbocycles. The zero-order valence-electron chi connectivity index (χ0n) is 11.0. The molecule has 0 radical (unpaired) electrons. The van der Waals surface area contributed by atoms with Crippen LogP contribution in [0.5, 0.6) is 0 Å². The lowest BCUT2D eigenvalue weighted by atomic mass is 10.1. The minimum Gasteiger partial charge on any atom is -0.350 e. The maximum absolute atomic E-state index is 13.4. The zero-order chi connectivity index (χ0) is 13.8. The third-order valence-electron chi connectivity index (χ3n) is 3.58. The molecule has 0 aromatic heterocycles. The second kappa shape index (κ2) is 6.10. The molecule has 19 heavy (non-hydrogen) atoms. The molecule has 2 rings (SSSR count). The molecule has 1 amide bonds. The van der Waals surface area contributed by atoms with Crippen molar-refractivity contribution in [2.75, 3.05) is 19.6 Å². The van der Waals surface area contributed by atoms with Gasteiger partial charge in [-0.05, 0) is 44.1 Å². The molecule has 0 unspecified atom stereocenters. The highest BCUT2D eigenvalue weighted by Crippen LogP contribution is 2.16. The lowest BCUT2D eigenvalue weighted by molar-refractivity contribution is 0.0937. The molecule has 1 heterocycles. The molecule has 5 heteroatoms. The fourth-order valence-electron chi connectivity index (χ4n) is 2.52. The van der Waals surface area contributed by atoms with Crippen molar-refractivity contribution in [2.45, 2.75) is 25.8 Å². The van der Waals surface area contributed by atoms with Gasteiger partial charge in [0.2, 0.25) is 0 Å². The first-order valence-electron chi connectivity index (χ1n) is 6.59. The van der Waals surface area contributed by atoms with Crippen molar-refractivity contribution in [3.05, 3.63) is 35.4 Å². The second-order valence-electron chi connectivity index (χ2n) is 4.76. The average molecular weight is 268 g/mol. The van der Waals surface area contributed by atoms with Crippen molar-refractivity contribution in [2.24, 2.45) is 0 Å². The third kappa shape index (κ3) is 3.29. The molecule has 104 valence electrons. The van der Waals surface area contributed by atoms with Crippen LogP contribution in [0, 0.1) is 11.6 Å². The number of likely N-dealkylation sites (N-methyl/N-ethyl adjacent to an activating group) is 1. The highest BCUT2D eigenvalue weighted by atomic mass is 19.1. The SMILES string of the molecule is CCN1CCC[C@@H]1CNC(=O)c1cc(F)ccc1F. The summed E-state index contributed by atoms with van der Waals surface area (Å²) in [6, 6.07) is 3.20. The van der Waals surface area contributed by atoms with E-state index in [-0.39, 0.29) is 5.56 Å². The zero-order valence-corrected chi connectivity index (χ0v) is 11.0. The smallest absolute Gasteiger partial charge is 0.254 e. The van der Waals surface area contributed by atoms with Crippen LogP contribution in [0.4, 0.5) is 8.78 Å². The quantitative estimate of drug-likeness (QED) is 0.907. The van der Waals surface area contributed by atoms with Gasteiger partial charge in [0.15, 0.2) is 0 Å². The van der Waals surface area contributed by atoms with Crippen molar-refractivity contribution in [1.29, 1.82) is 0 Å². The Morgan fingerprint density at radius 3 is 3.00 bits per heavy atom. The van der Waals surface area contributed by atoms with E-state index in [9.17, 15) is 13.6 Å². The predicted octanol–water partition coefficient (Wildman–Crippen LogP) is 2.18. The number of nitrogens with zero attached hydrogens (tertiary/aromatic N) is 1. The van der Waals surface area contributed by atoms with E-state index in [0.717, 1.165) is 44.1 Å². The summed E-state index contributed by atoms with van der Waals surface area (Å²) in [5.41, 5.74) is -0.235. The van der Waals surface area contributed by atoms with Gasteiger partial charge in [-0.3, -0.25) is 9.69 Å². The summed E-state index contributed by atoms with van der Waals surface area (Å²) in [7, 11) is 0. The Kier molecular flexibility index (Phi) is 4.47. The van der Waals surface area contributed by atoms with Crippen LogP contribution in [0.3, 0.4) is 0 Å². The van der Waals surface area contributed by atoms with E-state index in [0.29, 0.717) is 12.6 Å². The first-order valence-corrected chi connectivity index (χ1v) is 6.59. The highest BCUT2D eigenvalue weighted by Gasteiger charge is 2.23. The van der Waals surface area contributed by atoms with Gasteiger partial charge >= 0.3 is 0 Å². The summed E-state index contributed by atoms with van der Waals surface area (Å²) in [5, 5.41) is 2.69. The van der Waals surface area contributed by atoms with E-state index in [4.69, 9.17) is 0 Å². The summed E-state index contributed by atoms with van der Waals surface area (Å²) in [6.07, 6.45) is 2.14. The van der Waals surface area contributed by atoms with Gasteiger partial charge in [0.25, 0.3) is 5.91 Å². The number of hydrogen-bond donors (Lipinski definition) is 1. The van der Waals surface area contributed by atoms with E-state index >= 15 is 0 Å². The van der Waals surface area contributed by atoms with Crippen LogP contribution in [-0.2, 0) is 0 Å². The number of carbonyl (C=O) groups is 1. The first-order chi connectivity index (χ1) is 9.11. The number of benzene rings is 1. The molecule has 1 aliphatic rings. The number of likely N-dealkylation sites (tertiary alicyclic amines) is 1. The minimum absolute atomic E-state index is 0.235. The molecule has 1 aromatic carbocycles. The molecule has 0 spiro atoms. The van der Waals surface area contributed by atoms with Gasteiger partial charge in [0.1, 0.15) is 11.6 Å². The number of carbonyl (C=O) groups excluding carboxylic acids is 1. The molecule has 1 fully saturated rings. The fourth-order valence-corrected chi connectivity index (χ4v) is 2.52. The molecule has 1 aliphatic heterocycles. The van der Waals surface area contributed by atoms with Gasteiger partial charge in [0, 0.05) is 12.6 Å². The Morgan fingerprint density at radius 1 is 1.47 bits per heavy atom. The van der Waals surface area contributed by atoms with E-state index < -0.39 is 17.5 Å². The summed E-state index contributed by atoms with van der Waals surface area (Å²) < 4.78 is 26.4. The number of halogens is 2. The summed E-state index contributed by atoms with van der Waals surface area (Å²) in [6.45, 7) is 4.52. The Bertz CT molecular complexity index is 465. The lowest BCUT2D eigenvalue weighted by Gasteiger charge is -2.22. The predicted molar refractivity (Wildman–Crippen MR) is 69.0 cm³/mol. The fraction of sp³-hybridized carbons (Fsp3) is 0.500. The average Bonchev–Trinajstić information content (AvgIpc) is 2.86. The number of amides is 1. The third-order valence-corrected chi connectivity index (χ3v) is 3.58. The van der Waals surface area contributed by atoms with Gasteiger partial charge < -0.3 is 5.32 Å². The Hall–Kier alpha value is -1.49. The molecule has 1 atom stereocenters. The van der Waals surface area contributed by atoms with Crippen molar-refractivity contribution in [1.82, 2.24) is 10.2 Å². The van der Waals surface area contributed by atoms with Gasteiger partial charge in [-0.15, -0.1) is 0 Å². The number of hydrogen-bond acceptors (Lipinski definition) is 2. The largest absolute Gasteiger partial charge is 0.350 e. The van der Waals surface area contributed by atoms with Crippen LogP contribution >= 0.6 is 0 Å². The molecule has 0 saturated carbocycles. The molecule has 1 N–H and O–H groups in total. The Labute approximate surface area is 111 Å². The van der Waals surface area contributed by atoms with Crippen molar-refractivity contribution < 1.29 is 13.6 Å². The summed E-state index contributed by atoms with van der Waals surface area (Å²) in [5.74, 6) is -1.86. The van der Waals surface area contributed by atoms with Crippen LogP contribution < -0.4 is 5.32 Å². The van der Waals surface area contributed by atoms with Crippen LogP contribution in [0.2, 0.25) is 0 Å². The number of rotatable bonds is 4. The van der Waals surface area contributed by atoms with Gasteiger partial charge in [-0.1, -0.05) is 6.92 Å². The van der Waals surface area contributed by atoms with Crippen LogP contribution in [-0.4, -0.2) is 36.5 Å². The first kappa shape index (κ1) is 13.9. The topological polar surface area (TPSA) is 32.3 Å². The second-order valence-corrected chi connectivity index (χ2v) is 4.76. The molecule has 0 bridgehead atoms. The normalized spacial score (nSPS) is 19.6. The Morgan fingerprint density at radius 2 is 2.26 bits per heavy atom. The minimum atomic E-state index is -0.697. The van der Waals surface area contributed by atoms with Crippen molar-refractivity contribution in [3.8, 4) is 0 Å². The summed E-state index contributed by atoms with van der Waals surface area (Å²) >= 11 is 0. The van der Waals surface area contributed by atoms with Crippen LogP contribution in [0.25, 0.3) is 0 Å². The molecular weight excluding hydrogens is 250 g/mol. The maximum Gasteiger partial charge on any atom is 0.254 e. The van der Waals surface area contributed by atoms with Crippen LogP contribution in [0.1, 0.15) is 30.1 Å². The molecule has 3 nitrogen and oxygen atoms in total. The van der Waals surface area contributed by atoms with E-state index in [1.807, 2.05) is 0 Å². The summed E-state index contributed by atoms with van der Waals surface area (Å²) in [4.78, 5) is 14.1. The number of nitrogens with one attached hydrogen (secondary N) is 1. The van der Waals surface area contributed by atoms with E-state index in [1.165, 1.54) is 0 Å². The maximum atomic E-state index is 13.4. The highest BCUT2D eigenvalue weighted by molar-refractivity contribution is 5.94.